The zero-order valence-corrected chi connectivity index (χ0v) is 25.7. The highest BCUT2D eigenvalue weighted by Gasteiger charge is 2.21. The number of piperidine rings is 1. The Hall–Kier alpha value is -4.81. The molecule has 0 saturated carbocycles. The molecule has 1 aliphatic heterocycles. The Labute approximate surface area is 261 Å². The first-order valence-electron chi connectivity index (χ1n) is 14.6. The second kappa shape index (κ2) is 13.0. The van der Waals surface area contributed by atoms with Crippen molar-refractivity contribution in [3.05, 3.63) is 96.1 Å². The number of fused-ring (bicyclic) bond motifs is 1. The number of halogens is 1. The molecule has 0 radical (unpaired) electrons. The first-order chi connectivity index (χ1) is 21.8. The molecule has 6 rings (SSSR count). The number of rotatable bonds is 10. The fourth-order valence-electron chi connectivity index (χ4n) is 5.37. The van der Waals surface area contributed by atoms with Crippen molar-refractivity contribution < 1.29 is 22.3 Å². The van der Waals surface area contributed by atoms with Crippen molar-refractivity contribution in [2.75, 3.05) is 30.2 Å². The summed E-state index contributed by atoms with van der Waals surface area (Å²) in [6, 6.07) is 18.6. The molecule has 1 saturated heterocycles. The van der Waals surface area contributed by atoms with E-state index in [4.69, 9.17) is 14.5 Å². The maximum Gasteiger partial charge on any atom is 0.237 e. The van der Waals surface area contributed by atoms with Crippen LogP contribution in [0.15, 0.2) is 79.1 Å². The summed E-state index contributed by atoms with van der Waals surface area (Å²) in [7, 11) is -2.48. The zero-order valence-electron chi connectivity index (χ0n) is 24.9. The Morgan fingerprint density at radius 1 is 1.02 bits per heavy atom. The minimum atomic E-state index is -3.99. The van der Waals surface area contributed by atoms with Crippen LogP contribution in [0.25, 0.3) is 22.0 Å². The lowest BCUT2D eigenvalue weighted by Gasteiger charge is -2.23. The maximum absolute atomic E-state index is 15.2. The summed E-state index contributed by atoms with van der Waals surface area (Å²) in [5.41, 5.74) is 2.36. The molecule has 5 aromatic rings. The summed E-state index contributed by atoms with van der Waals surface area (Å²) < 4.78 is 55.7. The number of pyridine rings is 1. The van der Waals surface area contributed by atoms with Gasteiger partial charge in [-0.05, 0) is 79.9 Å². The van der Waals surface area contributed by atoms with Crippen LogP contribution >= 0.6 is 0 Å². The maximum atomic E-state index is 15.2. The normalized spacial score (nSPS) is 15.0. The van der Waals surface area contributed by atoms with Gasteiger partial charge in [-0.25, -0.2) is 27.8 Å². The highest BCUT2D eigenvalue weighted by molar-refractivity contribution is 7.91. The third kappa shape index (κ3) is 6.97. The number of hydrogen-bond donors (Lipinski definition) is 3. The van der Waals surface area contributed by atoms with E-state index in [0.29, 0.717) is 50.9 Å². The Kier molecular flexibility index (Phi) is 8.76. The van der Waals surface area contributed by atoms with Gasteiger partial charge in [0.2, 0.25) is 21.9 Å². The molecule has 1 atom stereocenters. The van der Waals surface area contributed by atoms with E-state index in [2.05, 4.69) is 25.3 Å². The predicted octanol–water partition coefficient (Wildman–Crippen LogP) is 6.05. The Morgan fingerprint density at radius 3 is 2.71 bits per heavy atom. The quantitative estimate of drug-likeness (QED) is 0.169. The average molecular weight is 629 g/mol. The Morgan fingerprint density at radius 2 is 1.89 bits per heavy atom. The van der Waals surface area contributed by atoms with E-state index in [1.54, 1.807) is 67.0 Å². The van der Waals surface area contributed by atoms with Crippen molar-refractivity contribution in [1.29, 1.82) is 0 Å². The lowest BCUT2D eigenvalue weighted by atomic mass is 10.0. The van der Waals surface area contributed by atoms with E-state index < -0.39 is 15.8 Å². The molecule has 2 aromatic heterocycles. The van der Waals surface area contributed by atoms with Gasteiger partial charge in [0.15, 0.2) is 0 Å². The molecule has 1 aliphatic rings. The fourth-order valence-corrected chi connectivity index (χ4v) is 6.58. The SMILES string of the molecule is COc1cccc(CS(=O)(=O)Nc2c(F)ccc3c(Oc4ncccc4-c4ccnc(NC5CCCNC5)n4)c(C)ccc23)c1. The second-order valence-electron chi connectivity index (χ2n) is 10.9. The molecule has 3 heterocycles. The lowest BCUT2D eigenvalue weighted by Crippen LogP contribution is -2.38. The summed E-state index contributed by atoms with van der Waals surface area (Å²) in [4.78, 5) is 13.6. The summed E-state index contributed by atoms with van der Waals surface area (Å²) >= 11 is 0. The van der Waals surface area contributed by atoms with Crippen LogP contribution in [0.4, 0.5) is 16.0 Å². The predicted molar refractivity (Wildman–Crippen MR) is 173 cm³/mol. The number of sulfonamides is 1. The third-order valence-electron chi connectivity index (χ3n) is 7.58. The summed E-state index contributed by atoms with van der Waals surface area (Å²) in [6.07, 6.45) is 5.41. The molecule has 12 heteroatoms. The van der Waals surface area contributed by atoms with Crippen molar-refractivity contribution in [3.8, 4) is 28.6 Å². The van der Waals surface area contributed by atoms with E-state index in [1.807, 2.05) is 13.0 Å². The molecule has 45 heavy (non-hydrogen) atoms. The number of methoxy groups -OCH3 is 1. The molecule has 0 aliphatic carbocycles. The molecule has 1 unspecified atom stereocenters. The molecule has 0 bridgehead atoms. The van der Waals surface area contributed by atoms with Crippen molar-refractivity contribution in [2.24, 2.45) is 0 Å². The number of aromatic nitrogens is 3. The minimum Gasteiger partial charge on any atom is -0.497 e. The second-order valence-corrected chi connectivity index (χ2v) is 12.6. The van der Waals surface area contributed by atoms with Gasteiger partial charge < -0.3 is 20.1 Å². The number of benzene rings is 3. The zero-order chi connectivity index (χ0) is 31.4. The van der Waals surface area contributed by atoms with Gasteiger partial charge in [0.05, 0.1) is 29.8 Å². The van der Waals surface area contributed by atoms with Gasteiger partial charge in [-0.3, -0.25) is 4.72 Å². The summed E-state index contributed by atoms with van der Waals surface area (Å²) in [6.45, 7) is 3.71. The fraction of sp³-hybridized carbons (Fsp3) is 0.242. The average Bonchev–Trinajstić information content (AvgIpc) is 3.04. The first-order valence-corrected chi connectivity index (χ1v) is 16.2. The summed E-state index contributed by atoms with van der Waals surface area (Å²) in [5, 5.41) is 7.64. The number of nitrogens with one attached hydrogen (secondary N) is 3. The molecule has 10 nitrogen and oxygen atoms in total. The van der Waals surface area contributed by atoms with E-state index in [1.165, 1.54) is 13.2 Å². The minimum absolute atomic E-state index is 0.162. The van der Waals surface area contributed by atoms with Crippen LogP contribution in [0.1, 0.15) is 24.0 Å². The van der Waals surface area contributed by atoms with Crippen molar-refractivity contribution in [2.45, 2.75) is 31.6 Å². The van der Waals surface area contributed by atoms with Gasteiger partial charge in [-0.2, -0.15) is 0 Å². The highest BCUT2D eigenvalue weighted by Crippen LogP contribution is 2.40. The lowest BCUT2D eigenvalue weighted by molar-refractivity contribution is 0.414. The molecule has 3 aromatic carbocycles. The van der Waals surface area contributed by atoms with Crippen molar-refractivity contribution in [3.63, 3.8) is 0 Å². The molecule has 0 amide bonds. The molecule has 232 valence electrons. The molecule has 1 fully saturated rings. The number of nitrogens with zero attached hydrogens (tertiary/aromatic N) is 3. The van der Waals surface area contributed by atoms with Crippen LogP contribution in [0.5, 0.6) is 17.4 Å². The van der Waals surface area contributed by atoms with Crippen LogP contribution in [0.3, 0.4) is 0 Å². The van der Waals surface area contributed by atoms with Gasteiger partial charge in [-0.15, -0.1) is 0 Å². The number of hydrogen-bond acceptors (Lipinski definition) is 9. The smallest absolute Gasteiger partial charge is 0.237 e. The van der Waals surface area contributed by atoms with E-state index in [9.17, 15) is 8.42 Å². The van der Waals surface area contributed by atoms with Gasteiger partial charge in [-0.1, -0.05) is 24.3 Å². The number of aryl methyl sites for hydroxylation is 1. The van der Waals surface area contributed by atoms with Gasteiger partial charge in [0, 0.05) is 35.8 Å². The summed E-state index contributed by atoms with van der Waals surface area (Å²) in [5.74, 6) is 0.682. The van der Waals surface area contributed by atoms with E-state index >= 15 is 4.39 Å². The van der Waals surface area contributed by atoms with Crippen LogP contribution in [0, 0.1) is 12.7 Å². The van der Waals surface area contributed by atoms with Crippen LogP contribution in [0.2, 0.25) is 0 Å². The third-order valence-corrected chi connectivity index (χ3v) is 8.81. The number of ether oxygens (including phenoxy) is 2. The first kappa shape index (κ1) is 30.2. The number of anilines is 2. The van der Waals surface area contributed by atoms with Crippen LogP contribution in [-0.4, -0.2) is 49.6 Å². The Bertz CT molecular complexity index is 1950. The van der Waals surface area contributed by atoms with Gasteiger partial charge in [0.25, 0.3) is 0 Å². The van der Waals surface area contributed by atoms with E-state index in [0.717, 1.165) is 31.5 Å². The Balaban J connectivity index is 1.32. The largest absolute Gasteiger partial charge is 0.497 e. The standard InChI is InChI=1S/C33H33FN6O4S/c1-21-10-11-25-26(12-13-28(34)30(25)40-45(41,42)20-22-6-3-8-24(18-22)43-2)31(21)44-32-27(9-5-16-36-32)29-14-17-37-33(39-29)38-23-7-4-15-35-19-23/h3,5-6,8-14,16-18,23,35,40H,4,7,15,19-20H2,1-2H3,(H,37,38,39). The van der Waals surface area contributed by atoms with E-state index in [-0.39, 0.29) is 17.5 Å². The molecular formula is C33H33FN6O4S. The molecule has 0 spiro atoms. The molecular weight excluding hydrogens is 595 g/mol. The topological polar surface area (TPSA) is 127 Å². The van der Waals surface area contributed by atoms with Crippen molar-refractivity contribution in [1.82, 2.24) is 20.3 Å². The van der Waals surface area contributed by atoms with Gasteiger partial charge >= 0.3 is 0 Å². The van der Waals surface area contributed by atoms with Crippen LogP contribution < -0.4 is 24.8 Å². The monoisotopic (exact) mass is 628 g/mol. The molecule has 3 N–H and O–H groups in total. The van der Waals surface area contributed by atoms with Crippen molar-refractivity contribution >= 4 is 32.4 Å². The van der Waals surface area contributed by atoms with Gasteiger partial charge in [0.1, 0.15) is 17.3 Å². The van der Waals surface area contributed by atoms with Crippen LogP contribution in [-0.2, 0) is 15.8 Å². The highest BCUT2D eigenvalue weighted by atomic mass is 32.2.